The van der Waals surface area contributed by atoms with Crippen molar-refractivity contribution in [2.75, 3.05) is 0 Å². The third-order valence-corrected chi connectivity index (χ3v) is 2.33. The summed E-state index contributed by atoms with van der Waals surface area (Å²) in [6, 6.07) is 10.2. The van der Waals surface area contributed by atoms with E-state index in [4.69, 9.17) is 5.73 Å². The zero-order chi connectivity index (χ0) is 11.8. The topological polar surface area (TPSA) is 55.1 Å². The van der Waals surface area contributed by atoms with Gasteiger partial charge in [0.05, 0.1) is 0 Å². The van der Waals surface area contributed by atoms with E-state index in [-0.39, 0.29) is 11.0 Å². The number of nitrogens with two attached hydrogens (primary N) is 1. The standard InChI is InChI=1S/C12H16N2OS/c13-12(16)14-11(15)9-5-4-8-10-6-2-1-3-7-10/h1-3,6-7H,4-5,8-9H2,(H3,13,14,15,16). The van der Waals surface area contributed by atoms with Crippen molar-refractivity contribution in [3.8, 4) is 0 Å². The number of benzene rings is 1. The molecule has 0 aromatic heterocycles. The second-order valence-electron chi connectivity index (χ2n) is 3.61. The molecular formula is C12H16N2OS. The normalized spacial score (nSPS) is 9.75. The number of unbranched alkanes of at least 4 members (excludes halogenated alkanes) is 1. The number of amides is 1. The van der Waals surface area contributed by atoms with Crippen molar-refractivity contribution in [3.05, 3.63) is 35.9 Å². The van der Waals surface area contributed by atoms with E-state index >= 15 is 0 Å². The summed E-state index contributed by atoms with van der Waals surface area (Å²) in [4.78, 5) is 11.2. The fraction of sp³-hybridized carbons (Fsp3) is 0.333. The molecule has 4 heteroatoms. The van der Waals surface area contributed by atoms with E-state index in [1.807, 2.05) is 18.2 Å². The van der Waals surface area contributed by atoms with Crippen molar-refractivity contribution >= 4 is 23.2 Å². The van der Waals surface area contributed by atoms with Crippen LogP contribution in [0.4, 0.5) is 0 Å². The lowest BCUT2D eigenvalue weighted by Gasteiger charge is -2.03. The van der Waals surface area contributed by atoms with E-state index in [0.717, 1.165) is 19.3 Å². The number of carbonyl (C=O) groups is 1. The molecule has 0 bridgehead atoms. The van der Waals surface area contributed by atoms with Gasteiger partial charge in [-0.3, -0.25) is 4.79 Å². The lowest BCUT2D eigenvalue weighted by atomic mass is 10.1. The highest BCUT2D eigenvalue weighted by molar-refractivity contribution is 7.80. The zero-order valence-corrected chi connectivity index (χ0v) is 9.93. The molecule has 1 amide bonds. The van der Waals surface area contributed by atoms with Crippen molar-refractivity contribution in [2.24, 2.45) is 5.73 Å². The molecule has 1 aromatic rings. The lowest BCUT2D eigenvalue weighted by molar-refractivity contribution is -0.119. The minimum Gasteiger partial charge on any atom is -0.376 e. The number of nitrogens with one attached hydrogen (secondary N) is 1. The van der Waals surface area contributed by atoms with Crippen LogP contribution in [-0.2, 0) is 11.2 Å². The molecule has 3 N–H and O–H groups in total. The van der Waals surface area contributed by atoms with Crippen LogP contribution in [0.25, 0.3) is 0 Å². The number of aryl methyl sites for hydroxylation is 1. The smallest absolute Gasteiger partial charge is 0.226 e. The SMILES string of the molecule is NC(=S)NC(=O)CCCCc1ccccc1. The predicted octanol–water partition coefficient (Wildman–Crippen LogP) is 1.76. The van der Waals surface area contributed by atoms with E-state index in [1.165, 1.54) is 5.56 Å². The van der Waals surface area contributed by atoms with Crippen molar-refractivity contribution < 1.29 is 4.79 Å². The van der Waals surface area contributed by atoms with Crippen LogP contribution in [-0.4, -0.2) is 11.0 Å². The lowest BCUT2D eigenvalue weighted by Crippen LogP contribution is -2.34. The third-order valence-electron chi connectivity index (χ3n) is 2.22. The number of carbonyl (C=O) groups excluding carboxylic acids is 1. The highest BCUT2D eigenvalue weighted by Gasteiger charge is 2.01. The Bertz CT molecular complexity index is 351. The molecule has 0 unspecified atom stereocenters. The fourth-order valence-electron chi connectivity index (χ4n) is 1.46. The van der Waals surface area contributed by atoms with Crippen molar-refractivity contribution in [1.29, 1.82) is 0 Å². The summed E-state index contributed by atoms with van der Waals surface area (Å²) in [5, 5.41) is 2.46. The van der Waals surface area contributed by atoms with Gasteiger partial charge in [-0.1, -0.05) is 30.3 Å². The van der Waals surface area contributed by atoms with Crippen LogP contribution < -0.4 is 11.1 Å². The Morgan fingerprint density at radius 3 is 2.56 bits per heavy atom. The number of rotatable bonds is 5. The van der Waals surface area contributed by atoms with E-state index in [1.54, 1.807) is 0 Å². The molecule has 16 heavy (non-hydrogen) atoms. The van der Waals surface area contributed by atoms with Crippen molar-refractivity contribution in [2.45, 2.75) is 25.7 Å². The summed E-state index contributed by atoms with van der Waals surface area (Å²) in [5.74, 6) is -0.0967. The molecule has 0 aliphatic rings. The summed E-state index contributed by atoms with van der Waals surface area (Å²) < 4.78 is 0. The summed E-state index contributed by atoms with van der Waals surface area (Å²) >= 11 is 4.57. The highest BCUT2D eigenvalue weighted by Crippen LogP contribution is 2.05. The van der Waals surface area contributed by atoms with Gasteiger partial charge in [-0.25, -0.2) is 0 Å². The quantitative estimate of drug-likeness (QED) is 0.605. The maximum absolute atomic E-state index is 11.2. The van der Waals surface area contributed by atoms with Crippen molar-refractivity contribution in [1.82, 2.24) is 5.32 Å². The van der Waals surface area contributed by atoms with Gasteiger partial charge in [0.1, 0.15) is 0 Å². The maximum Gasteiger partial charge on any atom is 0.226 e. The molecule has 1 aromatic carbocycles. The third kappa shape index (κ3) is 5.46. The molecule has 0 spiro atoms. The molecular weight excluding hydrogens is 220 g/mol. The van der Waals surface area contributed by atoms with E-state index in [2.05, 4.69) is 29.7 Å². The summed E-state index contributed by atoms with van der Waals surface area (Å²) in [6.45, 7) is 0. The fourth-order valence-corrected chi connectivity index (χ4v) is 1.57. The average Bonchev–Trinajstić information content (AvgIpc) is 2.25. The molecule has 0 saturated carbocycles. The van der Waals surface area contributed by atoms with Gasteiger partial charge < -0.3 is 11.1 Å². The van der Waals surface area contributed by atoms with Gasteiger partial charge in [-0.2, -0.15) is 0 Å². The Balaban J connectivity index is 2.13. The van der Waals surface area contributed by atoms with Gasteiger partial charge in [0, 0.05) is 6.42 Å². The first-order chi connectivity index (χ1) is 7.68. The largest absolute Gasteiger partial charge is 0.376 e. The van der Waals surface area contributed by atoms with Crippen LogP contribution >= 0.6 is 12.2 Å². The Morgan fingerprint density at radius 1 is 1.25 bits per heavy atom. The van der Waals surface area contributed by atoms with Crippen molar-refractivity contribution in [3.63, 3.8) is 0 Å². The first-order valence-electron chi connectivity index (χ1n) is 5.31. The van der Waals surface area contributed by atoms with E-state index in [0.29, 0.717) is 6.42 Å². The number of hydrogen-bond donors (Lipinski definition) is 2. The summed E-state index contributed by atoms with van der Waals surface area (Å²) in [7, 11) is 0. The first kappa shape index (κ1) is 12.6. The van der Waals surface area contributed by atoms with Crippen LogP contribution in [0.3, 0.4) is 0 Å². The molecule has 3 nitrogen and oxygen atoms in total. The second-order valence-corrected chi connectivity index (χ2v) is 4.04. The monoisotopic (exact) mass is 236 g/mol. The van der Waals surface area contributed by atoms with Crippen LogP contribution in [0.5, 0.6) is 0 Å². The van der Waals surface area contributed by atoms with E-state index in [9.17, 15) is 4.79 Å². The van der Waals surface area contributed by atoms with Crippen LogP contribution in [0, 0.1) is 0 Å². The second kappa shape index (κ2) is 6.95. The Hall–Kier alpha value is -1.42. The van der Waals surface area contributed by atoms with E-state index < -0.39 is 0 Å². The average molecular weight is 236 g/mol. The number of thiocarbonyl (C=S) groups is 1. The van der Waals surface area contributed by atoms with Gasteiger partial charge in [0.25, 0.3) is 0 Å². The predicted molar refractivity (Wildman–Crippen MR) is 68.9 cm³/mol. The molecule has 0 heterocycles. The van der Waals surface area contributed by atoms with Crippen LogP contribution in [0.1, 0.15) is 24.8 Å². The van der Waals surface area contributed by atoms with Gasteiger partial charge >= 0.3 is 0 Å². The number of hydrogen-bond acceptors (Lipinski definition) is 2. The van der Waals surface area contributed by atoms with Crippen LogP contribution in [0.2, 0.25) is 0 Å². The Labute approximate surface area is 101 Å². The molecule has 1 rings (SSSR count). The minimum atomic E-state index is -0.0967. The molecule has 0 aliphatic heterocycles. The van der Waals surface area contributed by atoms with Gasteiger partial charge in [0.2, 0.25) is 5.91 Å². The van der Waals surface area contributed by atoms with Crippen LogP contribution in [0.15, 0.2) is 30.3 Å². The maximum atomic E-state index is 11.2. The first-order valence-corrected chi connectivity index (χ1v) is 5.72. The van der Waals surface area contributed by atoms with Gasteiger partial charge in [-0.15, -0.1) is 0 Å². The summed E-state index contributed by atoms with van der Waals surface area (Å²) in [5.41, 5.74) is 6.49. The van der Waals surface area contributed by atoms with Gasteiger partial charge in [-0.05, 0) is 37.0 Å². The molecule has 0 radical (unpaired) electrons. The highest BCUT2D eigenvalue weighted by atomic mass is 32.1. The molecule has 0 aliphatic carbocycles. The Morgan fingerprint density at radius 2 is 1.94 bits per heavy atom. The molecule has 86 valence electrons. The molecule has 0 fully saturated rings. The molecule has 0 atom stereocenters. The minimum absolute atomic E-state index is 0.0491. The summed E-state index contributed by atoms with van der Waals surface area (Å²) in [6.07, 6.45) is 3.32. The van der Waals surface area contributed by atoms with Gasteiger partial charge in [0.15, 0.2) is 5.11 Å². The Kier molecular flexibility index (Phi) is 5.50. The zero-order valence-electron chi connectivity index (χ0n) is 9.11. The molecule has 0 saturated heterocycles.